The second kappa shape index (κ2) is 8.21. The number of likely N-dealkylation sites (tertiary alicyclic amines) is 1. The fourth-order valence-electron chi connectivity index (χ4n) is 3.07. The van der Waals surface area contributed by atoms with Gasteiger partial charge in [0.25, 0.3) is 0 Å². The van der Waals surface area contributed by atoms with Gasteiger partial charge in [-0.2, -0.15) is 0 Å². The van der Waals surface area contributed by atoms with Crippen LogP contribution in [0.3, 0.4) is 0 Å². The maximum Gasteiger partial charge on any atom is 0.319 e. The molecule has 0 aliphatic carbocycles. The Labute approximate surface area is 158 Å². The summed E-state index contributed by atoms with van der Waals surface area (Å²) in [5.74, 6) is 0.0917. The maximum absolute atomic E-state index is 12.5. The van der Waals surface area contributed by atoms with Crippen LogP contribution in [0, 0.1) is 5.92 Å². The molecule has 1 aliphatic heterocycles. The molecule has 5 nitrogen and oxygen atoms in total. The lowest BCUT2D eigenvalue weighted by molar-refractivity contribution is -0.126. The molecule has 1 aromatic rings. The summed E-state index contributed by atoms with van der Waals surface area (Å²) in [4.78, 5) is 27.9. The van der Waals surface area contributed by atoms with Gasteiger partial charge in [-0.1, -0.05) is 41.9 Å². The van der Waals surface area contributed by atoms with Crippen molar-refractivity contribution in [1.82, 2.24) is 15.1 Å². The minimum Gasteiger partial charge on any atom is -0.355 e. The molecule has 1 fully saturated rings. The molecular weight excluding hydrogens is 382 g/mol. The van der Waals surface area contributed by atoms with Gasteiger partial charge in [-0.15, -0.1) is 0 Å². The van der Waals surface area contributed by atoms with Gasteiger partial charge in [0.1, 0.15) is 0 Å². The van der Waals surface area contributed by atoms with Crippen molar-refractivity contribution >= 4 is 27.9 Å². The zero-order chi connectivity index (χ0) is 18.6. The van der Waals surface area contributed by atoms with Crippen LogP contribution in [-0.4, -0.2) is 55.5 Å². The number of carbonyl (C=O) groups is 2. The monoisotopic (exact) mass is 409 g/mol. The third kappa shape index (κ3) is 5.21. The molecule has 0 atom stereocenters. The van der Waals surface area contributed by atoms with Crippen LogP contribution < -0.4 is 5.32 Å². The number of rotatable bonds is 4. The molecule has 0 aromatic heterocycles. The molecule has 1 saturated heterocycles. The standard InChI is InChI=1S/C19H28BrN3O2/c1-19(2,15-5-7-16(20)8-6-15)13-21-17(24)14-9-11-23(12-10-14)18(25)22(3)4/h5-8,14H,9-13H2,1-4H3,(H,21,24). The molecule has 138 valence electrons. The number of hydrogen-bond acceptors (Lipinski definition) is 2. The second-order valence-electron chi connectivity index (χ2n) is 7.55. The van der Waals surface area contributed by atoms with E-state index in [1.165, 1.54) is 5.56 Å². The molecule has 0 bridgehead atoms. The van der Waals surface area contributed by atoms with Crippen LogP contribution in [0.4, 0.5) is 4.79 Å². The zero-order valence-corrected chi connectivity index (χ0v) is 17.1. The molecule has 0 saturated carbocycles. The van der Waals surface area contributed by atoms with Crippen LogP contribution in [0.5, 0.6) is 0 Å². The number of nitrogens with one attached hydrogen (secondary N) is 1. The van der Waals surface area contributed by atoms with Crippen molar-refractivity contribution in [2.45, 2.75) is 32.1 Å². The fraction of sp³-hybridized carbons (Fsp3) is 0.579. The lowest BCUT2D eigenvalue weighted by atomic mass is 9.84. The van der Waals surface area contributed by atoms with E-state index in [9.17, 15) is 9.59 Å². The molecule has 25 heavy (non-hydrogen) atoms. The van der Waals surface area contributed by atoms with Crippen molar-refractivity contribution in [3.63, 3.8) is 0 Å². The van der Waals surface area contributed by atoms with E-state index in [1.54, 1.807) is 19.0 Å². The van der Waals surface area contributed by atoms with Crippen LogP contribution in [0.25, 0.3) is 0 Å². The third-order valence-electron chi connectivity index (χ3n) is 4.85. The number of carbonyl (C=O) groups excluding carboxylic acids is 2. The summed E-state index contributed by atoms with van der Waals surface area (Å²) in [5, 5.41) is 3.11. The Morgan fingerprint density at radius 1 is 1.20 bits per heavy atom. The summed E-state index contributed by atoms with van der Waals surface area (Å²) in [6.45, 7) is 6.16. The van der Waals surface area contributed by atoms with E-state index in [4.69, 9.17) is 0 Å². The van der Waals surface area contributed by atoms with E-state index >= 15 is 0 Å². The Morgan fingerprint density at radius 2 is 1.76 bits per heavy atom. The molecule has 1 aromatic carbocycles. The van der Waals surface area contributed by atoms with Crippen molar-refractivity contribution in [3.8, 4) is 0 Å². The predicted octanol–water partition coefficient (Wildman–Crippen LogP) is 3.24. The number of hydrogen-bond donors (Lipinski definition) is 1. The van der Waals surface area contributed by atoms with Crippen molar-refractivity contribution < 1.29 is 9.59 Å². The first-order valence-corrected chi connectivity index (χ1v) is 9.50. The SMILES string of the molecule is CN(C)C(=O)N1CCC(C(=O)NCC(C)(C)c2ccc(Br)cc2)CC1. The van der Waals surface area contributed by atoms with Gasteiger partial charge in [0.05, 0.1) is 0 Å². The van der Waals surface area contributed by atoms with Crippen LogP contribution in [-0.2, 0) is 10.2 Å². The fourth-order valence-corrected chi connectivity index (χ4v) is 3.34. The van der Waals surface area contributed by atoms with Gasteiger partial charge < -0.3 is 15.1 Å². The van der Waals surface area contributed by atoms with Gasteiger partial charge in [-0.3, -0.25) is 4.79 Å². The summed E-state index contributed by atoms with van der Waals surface area (Å²) < 4.78 is 1.05. The Hall–Kier alpha value is -1.56. The van der Waals surface area contributed by atoms with Gasteiger partial charge in [0, 0.05) is 49.5 Å². The first-order valence-electron chi connectivity index (χ1n) is 8.70. The smallest absolute Gasteiger partial charge is 0.319 e. The van der Waals surface area contributed by atoms with Crippen molar-refractivity contribution in [2.75, 3.05) is 33.7 Å². The molecule has 6 heteroatoms. The highest BCUT2D eigenvalue weighted by Crippen LogP contribution is 2.25. The maximum atomic E-state index is 12.5. The van der Waals surface area contributed by atoms with Crippen LogP contribution >= 0.6 is 15.9 Å². The van der Waals surface area contributed by atoms with E-state index < -0.39 is 0 Å². The Morgan fingerprint density at radius 3 is 2.28 bits per heavy atom. The van der Waals surface area contributed by atoms with Gasteiger partial charge in [0.2, 0.25) is 5.91 Å². The Kier molecular flexibility index (Phi) is 6.49. The first-order chi connectivity index (χ1) is 11.7. The van der Waals surface area contributed by atoms with Gasteiger partial charge in [-0.25, -0.2) is 4.79 Å². The molecule has 0 radical (unpaired) electrons. The van der Waals surface area contributed by atoms with Crippen molar-refractivity contribution in [3.05, 3.63) is 34.3 Å². The van der Waals surface area contributed by atoms with Crippen molar-refractivity contribution in [1.29, 1.82) is 0 Å². The number of halogens is 1. The lowest BCUT2D eigenvalue weighted by Gasteiger charge is -2.33. The van der Waals surface area contributed by atoms with E-state index in [0.29, 0.717) is 19.6 Å². The molecule has 2 rings (SSSR count). The topological polar surface area (TPSA) is 52.7 Å². The minimum atomic E-state index is -0.127. The van der Waals surface area contributed by atoms with E-state index in [-0.39, 0.29) is 23.3 Å². The van der Waals surface area contributed by atoms with E-state index in [2.05, 4.69) is 47.2 Å². The Balaban J connectivity index is 1.84. The van der Waals surface area contributed by atoms with Crippen LogP contribution in [0.2, 0.25) is 0 Å². The predicted molar refractivity (Wildman–Crippen MR) is 104 cm³/mol. The van der Waals surface area contributed by atoms with Crippen LogP contribution in [0.15, 0.2) is 28.7 Å². The summed E-state index contributed by atoms with van der Waals surface area (Å²) in [6, 6.07) is 8.24. The normalized spacial score (nSPS) is 15.8. The molecule has 3 amide bonds. The van der Waals surface area contributed by atoms with E-state index in [1.807, 2.05) is 17.0 Å². The summed E-state index contributed by atoms with van der Waals surface area (Å²) in [7, 11) is 3.51. The number of piperidine rings is 1. The van der Waals surface area contributed by atoms with E-state index in [0.717, 1.165) is 17.3 Å². The molecular formula is C19H28BrN3O2. The van der Waals surface area contributed by atoms with Crippen molar-refractivity contribution in [2.24, 2.45) is 5.92 Å². The highest BCUT2D eigenvalue weighted by Gasteiger charge is 2.29. The minimum absolute atomic E-state index is 0.00747. The summed E-state index contributed by atoms with van der Waals surface area (Å²) in [5.41, 5.74) is 1.07. The number of nitrogens with zero attached hydrogens (tertiary/aromatic N) is 2. The average molecular weight is 410 g/mol. The lowest BCUT2D eigenvalue weighted by Crippen LogP contribution is -2.47. The largest absolute Gasteiger partial charge is 0.355 e. The molecule has 0 unspecified atom stereocenters. The second-order valence-corrected chi connectivity index (χ2v) is 8.46. The highest BCUT2D eigenvalue weighted by molar-refractivity contribution is 9.10. The highest BCUT2D eigenvalue weighted by atomic mass is 79.9. The molecule has 1 heterocycles. The van der Waals surface area contributed by atoms with Gasteiger partial charge in [0.15, 0.2) is 0 Å². The quantitative estimate of drug-likeness (QED) is 0.829. The summed E-state index contributed by atoms with van der Waals surface area (Å²) >= 11 is 3.45. The molecule has 1 N–H and O–H groups in total. The zero-order valence-electron chi connectivity index (χ0n) is 15.5. The first kappa shape index (κ1) is 19.8. The third-order valence-corrected chi connectivity index (χ3v) is 5.38. The van der Waals surface area contributed by atoms with Gasteiger partial charge >= 0.3 is 6.03 Å². The summed E-state index contributed by atoms with van der Waals surface area (Å²) in [6.07, 6.45) is 1.45. The molecule has 1 aliphatic rings. The average Bonchev–Trinajstić information content (AvgIpc) is 2.59. The Bertz CT molecular complexity index is 606. The van der Waals surface area contributed by atoms with Gasteiger partial charge in [-0.05, 0) is 30.5 Å². The number of amides is 3. The number of benzene rings is 1. The number of urea groups is 1. The van der Waals surface area contributed by atoms with Crippen LogP contribution in [0.1, 0.15) is 32.3 Å². The molecule has 0 spiro atoms.